The Morgan fingerprint density at radius 3 is 2.44 bits per heavy atom. The fraction of sp³-hybridized carbons (Fsp3) is 0.304. The Kier molecular flexibility index (Phi) is 6.74. The van der Waals surface area contributed by atoms with Gasteiger partial charge in [0.25, 0.3) is 0 Å². The third-order valence-electron chi connectivity index (χ3n) is 5.26. The molecular weight excluding hydrogens is 439 g/mol. The third kappa shape index (κ3) is 4.93. The molecule has 0 unspecified atom stereocenters. The first-order valence-corrected chi connectivity index (χ1v) is 11.4. The lowest BCUT2D eigenvalue weighted by atomic mass is 10.1. The van der Waals surface area contributed by atoms with E-state index in [4.69, 9.17) is 4.74 Å². The molecule has 1 amide bonds. The molecule has 1 aromatic heterocycles. The number of benzene rings is 2. The van der Waals surface area contributed by atoms with Crippen LogP contribution >= 0.6 is 11.8 Å². The van der Waals surface area contributed by atoms with Gasteiger partial charge < -0.3 is 9.64 Å². The number of aromatic nitrogens is 2. The average molecular weight is 462 g/mol. The molecule has 1 aliphatic heterocycles. The summed E-state index contributed by atoms with van der Waals surface area (Å²) in [6.07, 6.45) is 0.594. The molecule has 1 aliphatic rings. The number of hydrogen-bond acceptors (Lipinski definition) is 4. The minimum atomic E-state index is -0.859. The number of thioether (sulfide) groups is 1. The summed E-state index contributed by atoms with van der Waals surface area (Å²) in [7, 11) is 0. The molecule has 0 N–H and O–H groups in total. The highest BCUT2D eigenvalue weighted by atomic mass is 32.2. The van der Waals surface area contributed by atoms with Crippen molar-refractivity contribution in [3.63, 3.8) is 0 Å². The highest BCUT2D eigenvalue weighted by Crippen LogP contribution is 2.33. The summed E-state index contributed by atoms with van der Waals surface area (Å²) >= 11 is 1.82. The number of rotatable bonds is 6. The third-order valence-corrected chi connectivity index (χ3v) is 6.20. The SMILES string of the molecule is Cc1nn(-c2ccc(F)cc2)c(Oc2ccc(F)cc2F)c1CCC(=O)N1CCSCC1. The van der Waals surface area contributed by atoms with Crippen LogP contribution in [0.25, 0.3) is 5.69 Å². The van der Waals surface area contributed by atoms with Crippen molar-refractivity contribution in [3.05, 3.63) is 71.2 Å². The van der Waals surface area contributed by atoms with Crippen molar-refractivity contribution in [1.82, 2.24) is 14.7 Å². The number of halogens is 3. The van der Waals surface area contributed by atoms with Crippen molar-refractivity contribution in [2.45, 2.75) is 19.8 Å². The largest absolute Gasteiger partial charge is 0.436 e. The van der Waals surface area contributed by atoms with E-state index in [1.807, 2.05) is 16.7 Å². The minimum Gasteiger partial charge on any atom is -0.436 e. The quantitative estimate of drug-likeness (QED) is 0.524. The molecule has 1 fully saturated rings. The Hall–Kier alpha value is -2.94. The fourth-order valence-electron chi connectivity index (χ4n) is 3.55. The predicted octanol–water partition coefficient (Wildman–Crippen LogP) is 4.90. The van der Waals surface area contributed by atoms with Crippen LogP contribution < -0.4 is 4.74 Å². The Morgan fingerprint density at radius 2 is 1.75 bits per heavy atom. The van der Waals surface area contributed by atoms with E-state index in [0.717, 1.165) is 36.7 Å². The predicted molar refractivity (Wildman–Crippen MR) is 117 cm³/mol. The van der Waals surface area contributed by atoms with Crippen LogP contribution in [0.2, 0.25) is 0 Å². The van der Waals surface area contributed by atoms with Crippen LogP contribution in [0.4, 0.5) is 13.2 Å². The van der Waals surface area contributed by atoms with E-state index in [0.29, 0.717) is 23.4 Å². The van der Waals surface area contributed by atoms with Gasteiger partial charge in [0, 0.05) is 42.6 Å². The summed E-state index contributed by atoms with van der Waals surface area (Å²) in [5, 5.41) is 4.49. The second-order valence-corrected chi connectivity index (χ2v) is 8.65. The first-order valence-electron chi connectivity index (χ1n) is 10.3. The minimum absolute atomic E-state index is 0.0399. The van der Waals surface area contributed by atoms with E-state index in [-0.39, 0.29) is 24.0 Å². The summed E-state index contributed by atoms with van der Waals surface area (Å²) in [5.74, 6) is -0.0621. The monoisotopic (exact) mass is 461 g/mol. The maximum Gasteiger partial charge on any atom is 0.226 e. The molecule has 5 nitrogen and oxygen atoms in total. The molecule has 4 rings (SSSR count). The van der Waals surface area contributed by atoms with Crippen molar-refractivity contribution < 1.29 is 22.7 Å². The van der Waals surface area contributed by atoms with E-state index in [1.165, 1.54) is 35.0 Å². The Morgan fingerprint density at radius 1 is 1.06 bits per heavy atom. The van der Waals surface area contributed by atoms with Crippen molar-refractivity contribution in [2.24, 2.45) is 0 Å². The number of ether oxygens (including phenoxy) is 1. The normalized spacial score (nSPS) is 13.9. The Balaban J connectivity index is 1.66. The van der Waals surface area contributed by atoms with Gasteiger partial charge in [0.1, 0.15) is 11.6 Å². The second kappa shape index (κ2) is 9.68. The Labute approximate surface area is 188 Å². The van der Waals surface area contributed by atoms with Gasteiger partial charge in [-0.25, -0.2) is 17.9 Å². The van der Waals surface area contributed by atoms with Gasteiger partial charge in [-0.15, -0.1) is 0 Å². The summed E-state index contributed by atoms with van der Waals surface area (Å²) in [6.45, 7) is 3.22. The Bertz CT molecular complexity index is 1110. The molecule has 32 heavy (non-hydrogen) atoms. The number of aryl methyl sites for hydroxylation is 1. The maximum atomic E-state index is 14.3. The van der Waals surface area contributed by atoms with Crippen molar-refractivity contribution in [1.29, 1.82) is 0 Å². The van der Waals surface area contributed by atoms with E-state index in [1.54, 1.807) is 6.92 Å². The van der Waals surface area contributed by atoms with Crippen molar-refractivity contribution >= 4 is 17.7 Å². The average Bonchev–Trinajstić information content (AvgIpc) is 3.10. The van der Waals surface area contributed by atoms with Gasteiger partial charge in [-0.2, -0.15) is 16.9 Å². The smallest absolute Gasteiger partial charge is 0.226 e. The topological polar surface area (TPSA) is 47.4 Å². The van der Waals surface area contributed by atoms with Crippen LogP contribution in [0.3, 0.4) is 0 Å². The van der Waals surface area contributed by atoms with Gasteiger partial charge in [-0.1, -0.05) is 0 Å². The maximum absolute atomic E-state index is 14.3. The highest BCUT2D eigenvalue weighted by Gasteiger charge is 2.23. The standard InChI is InChI=1S/C23H22F3N3O2S/c1-15-19(7-9-22(30)28-10-12-32-13-11-28)23(31-21-8-4-17(25)14-20(21)26)29(27-15)18-5-2-16(24)3-6-18/h2-6,8,14H,7,9-13H2,1H3. The molecule has 0 radical (unpaired) electrons. The van der Waals surface area contributed by atoms with Gasteiger partial charge >= 0.3 is 0 Å². The van der Waals surface area contributed by atoms with Gasteiger partial charge in [0.15, 0.2) is 11.6 Å². The van der Waals surface area contributed by atoms with E-state index in [9.17, 15) is 18.0 Å². The molecule has 1 saturated heterocycles. The lowest BCUT2D eigenvalue weighted by Crippen LogP contribution is -2.38. The molecule has 2 heterocycles. The van der Waals surface area contributed by atoms with Crippen molar-refractivity contribution in [3.8, 4) is 17.3 Å². The first kappa shape index (κ1) is 22.3. The lowest BCUT2D eigenvalue weighted by Gasteiger charge is -2.26. The molecule has 0 atom stereocenters. The zero-order valence-electron chi connectivity index (χ0n) is 17.5. The lowest BCUT2D eigenvalue weighted by molar-refractivity contribution is -0.130. The van der Waals surface area contributed by atoms with E-state index in [2.05, 4.69) is 5.10 Å². The zero-order chi connectivity index (χ0) is 22.7. The molecule has 0 bridgehead atoms. The van der Waals surface area contributed by atoms with Crippen LogP contribution in [0.15, 0.2) is 42.5 Å². The number of hydrogen-bond donors (Lipinski definition) is 0. The molecule has 0 saturated carbocycles. The van der Waals surface area contributed by atoms with Crippen molar-refractivity contribution in [2.75, 3.05) is 24.6 Å². The first-order chi connectivity index (χ1) is 15.4. The summed E-state index contributed by atoms with van der Waals surface area (Å²) in [5.41, 5.74) is 1.75. The molecule has 168 valence electrons. The van der Waals surface area contributed by atoms with Crippen LogP contribution in [0, 0.1) is 24.4 Å². The number of carbonyl (C=O) groups is 1. The van der Waals surface area contributed by atoms with Crippen LogP contribution in [-0.2, 0) is 11.2 Å². The number of nitrogens with zero attached hydrogens (tertiary/aromatic N) is 3. The molecule has 0 spiro atoms. The summed E-state index contributed by atoms with van der Waals surface area (Å²) in [6, 6.07) is 8.65. The van der Waals surface area contributed by atoms with E-state index >= 15 is 0 Å². The summed E-state index contributed by atoms with van der Waals surface area (Å²) in [4.78, 5) is 14.5. The van der Waals surface area contributed by atoms with Gasteiger partial charge in [0.05, 0.1) is 11.4 Å². The highest BCUT2D eigenvalue weighted by molar-refractivity contribution is 7.99. The van der Waals surface area contributed by atoms with Gasteiger partial charge in [0.2, 0.25) is 11.8 Å². The number of carbonyl (C=O) groups excluding carboxylic acids is 1. The zero-order valence-corrected chi connectivity index (χ0v) is 18.3. The molecule has 3 aromatic rings. The number of amides is 1. The van der Waals surface area contributed by atoms with Crippen LogP contribution in [-0.4, -0.2) is 45.2 Å². The fourth-order valence-corrected chi connectivity index (χ4v) is 4.46. The second-order valence-electron chi connectivity index (χ2n) is 7.43. The van der Waals surface area contributed by atoms with Gasteiger partial charge in [-0.05, 0) is 49.7 Å². The molecular formula is C23H22F3N3O2S. The van der Waals surface area contributed by atoms with E-state index < -0.39 is 17.5 Å². The van der Waals surface area contributed by atoms with Gasteiger partial charge in [-0.3, -0.25) is 4.79 Å². The van der Waals surface area contributed by atoms with Crippen LogP contribution in [0.5, 0.6) is 11.6 Å². The van der Waals surface area contributed by atoms with Crippen LogP contribution in [0.1, 0.15) is 17.7 Å². The molecule has 2 aromatic carbocycles. The summed E-state index contributed by atoms with van der Waals surface area (Å²) < 4.78 is 48.4. The molecule has 0 aliphatic carbocycles. The molecule has 9 heteroatoms.